The molecule has 0 saturated heterocycles. The van der Waals surface area contributed by atoms with Gasteiger partial charge >= 0.3 is 0 Å². The first-order valence-electron chi connectivity index (χ1n) is 8.92. The molecule has 142 valence electrons. The van der Waals surface area contributed by atoms with Crippen molar-refractivity contribution in [1.82, 2.24) is 30.0 Å². The minimum atomic E-state index is -0.242. The largest absolute Gasteiger partial charge is 0.505 e. The normalized spacial score (nSPS) is 11.3. The van der Waals surface area contributed by atoms with E-state index in [1.807, 2.05) is 36.4 Å². The first-order valence-corrected chi connectivity index (χ1v) is 8.92. The fraction of sp³-hybridized carbons (Fsp3) is 0.0476. The second-order valence-electron chi connectivity index (χ2n) is 6.73. The van der Waals surface area contributed by atoms with Gasteiger partial charge in [0, 0.05) is 5.56 Å². The molecule has 0 aliphatic heterocycles. The van der Waals surface area contributed by atoms with Gasteiger partial charge in [0.15, 0.2) is 17.2 Å². The average molecular weight is 384 g/mol. The van der Waals surface area contributed by atoms with Crippen molar-refractivity contribution in [2.45, 2.75) is 6.92 Å². The number of nitrogens with zero attached hydrogens (tertiary/aromatic N) is 6. The number of fused-ring (bicyclic) bond motifs is 2. The number of allylic oxidation sites excluding steroid dienone is 1. The minimum Gasteiger partial charge on any atom is -0.505 e. The van der Waals surface area contributed by atoms with Crippen LogP contribution < -0.4 is 0 Å². The van der Waals surface area contributed by atoms with Crippen molar-refractivity contribution < 1.29 is 10.2 Å². The zero-order chi connectivity index (χ0) is 20.1. The smallest absolute Gasteiger partial charge is 0.174 e. The van der Waals surface area contributed by atoms with E-state index in [1.165, 1.54) is 9.59 Å². The van der Waals surface area contributed by atoms with E-state index in [0.717, 1.165) is 0 Å². The first kappa shape index (κ1) is 16.9. The zero-order valence-electron chi connectivity index (χ0n) is 15.5. The van der Waals surface area contributed by atoms with Gasteiger partial charge < -0.3 is 10.2 Å². The Kier molecular flexibility index (Phi) is 3.60. The van der Waals surface area contributed by atoms with Crippen molar-refractivity contribution in [2.75, 3.05) is 0 Å². The lowest BCUT2D eigenvalue weighted by molar-refractivity contribution is 0.433. The highest BCUT2D eigenvalue weighted by molar-refractivity contribution is 5.80. The molecule has 3 aromatic carbocycles. The van der Waals surface area contributed by atoms with Gasteiger partial charge in [0.1, 0.15) is 27.8 Å². The Balaban J connectivity index is 1.81. The lowest BCUT2D eigenvalue weighted by Gasteiger charge is -2.14. The molecule has 5 aromatic rings. The second-order valence-corrected chi connectivity index (χ2v) is 6.73. The van der Waals surface area contributed by atoms with Crippen LogP contribution in [0.2, 0.25) is 0 Å². The molecule has 0 saturated carbocycles. The van der Waals surface area contributed by atoms with E-state index in [0.29, 0.717) is 33.2 Å². The van der Waals surface area contributed by atoms with Crippen molar-refractivity contribution in [3.8, 4) is 22.9 Å². The Labute approximate surface area is 164 Å². The molecular weight excluding hydrogens is 368 g/mol. The van der Waals surface area contributed by atoms with Crippen LogP contribution in [0.3, 0.4) is 0 Å². The van der Waals surface area contributed by atoms with E-state index in [4.69, 9.17) is 0 Å². The third-order valence-corrected chi connectivity index (χ3v) is 4.68. The van der Waals surface area contributed by atoms with E-state index in [2.05, 4.69) is 27.0 Å². The number of aromatic hydroxyl groups is 2. The standard InChI is InChI=1S/C21H16N6O2/c1-12(2)13-11-18(26-22-14-7-3-4-8-15(14)23-26)21(29)19(20(13)28)27-24-16-9-5-6-10-17(16)25-27/h3-11,28-29H,1H2,2H3. The number of hydrogen-bond donors (Lipinski definition) is 2. The molecule has 0 spiro atoms. The van der Waals surface area contributed by atoms with Crippen molar-refractivity contribution in [3.05, 3.63) is 66.7 Å². The van der Waals surface area contributed by atoms with E-state index in [-0.39, 0.29) is 22.9 Å². The zero-order valence-corrected chi connectivity index (χ0v) is 15.5. The summed E-state index contributed by atoms with van der Waals surface area (Å²) in [5.74, 6) is -0.413. The SMILES string of the molecule is C=C(C)c1cc(-n2nc3ccccc3n2)c(O)c(-n2nc3ccccc3n2)c1O. The number of phenolic OH excluding ortho intramolecular Hbond substituents is 2. The van der Waals surface area contributed by atoms with Crippen LogP contribution in [0.15, 0.2) is 61.2 Å². The van der Waals surface area contributed by atoms with Gasteiger partial charge in [0.05, 0.1) is 0 Å². The summed E-state index contributed by atoms with van der Waals surface area (Å²) in [5, 5.41) is 39.5. The van der Waals surface area contributed by atoms with Gasteiger partial charge in [-0.3, -0.25) is 0 Å². The topological polar surface area (TPSA) is 102 Å². The fourth-order valence-electron chi connectivity index (χ4n) is 3.23. The van der Waals surface area contributed by atoms with Gasteiger partial charge in [-0.25, -0.2) is 0 Å². The highest BCUT2D eigenvalue weighted by Gasteiger charge is 2.23. The van der Waals surface area contributed by atoms with Crippen LogP contribution in [0.1, 0.15) is 12.5 Å². The van der Waals surface area contributed by atoms with E-state index in [9.17, 15) is 10.2 Å². The predicted molar refractivity (Wildman–Crippen MR) is 109 cm³/mol. The van der Waals surface area contributed by atoms with Gasteiger partial charge in [-0.15, -0.1) is 30.0 Å². The van der Waals surface area contributed by atoms with Crippen LogP contribution in [0.5, 0.6) is 11.5 Å². The molecule has 2 heterocycles. The number of hydrogen-bond acceptors (Lipinski definition) is 6. The van der Waals surface area contributed by atoms with Gasteiger partial charge in [0.25, 0.3) is 0 Å². The van der Waals surface area contributed by atoms with Crippen molar-refractivity contribution in [1.29, 1.82) is 0 Å². The second kappa shape index (κ2) is 6.16. The molecule has 8 heteroatoms. The van der Waals surface area contributed by atoms with Crippen molar-refractivity contribution in [3.63, 3.8) is 0 Å². The van der Waals surface area contributed by atoms with Crippen LogP contribution in [-0.2, 0) is 0 Å². The molecule has 0 amide bonds. The Morgan fingerprint density at radius 1 is 0.759 bits per heavy atom. The molecule has 8 nitrogen and oxygen atoms in total. The molecule has 0 bridgehead atoms. The molecule has 0 aliphatic carbocycles. The Bertz CT molecular complexity index is 1350. The van der Waals surface area contributed by atoms with Crippen LogP contribution >= 0.6 is 0 Å². The summed E-state index contributed by atoms with van der Waals surface area (Å²) in [7, 11) is 0. The summed E-state index contributed by atoms with van der Waals surface area (Å²) >= 11 is 0. The summed E-state index contributed by atoms with van der Waals surface area (Å²) in [6, 6.07) is 16.3. The van der Waals surface area contributed by atoms with Crippen LogP contribution in [0, 0.1) is 0 Å². The summed E-state index contributed by atoms with van der Waals surface area (Å²) in [5.41, 5.74) is 4.01. The average Bonchev–Trinajstić information content (AvgIpc) is 3.31. The molecule has 0 radical (unpaired) electrons. The number of aromatic nitrogens is 6. The summed E-state index contributed by atoms with van der Waals surface area (Å²) in [6.45, 7) is 5.69. The molecule has 0 atom stereocenters. The monoisotopic (exact) mass is 384 g/mol. The maximum atomic E-state index is 11.0. The number of rotatable bonds is 3. The molecular formula is C21H16N6O2. The van der Waals surface area contributed by atoms with E-state index in [1.54, 1.807) is 25.1 Å². The predicted octanol–water partition coefficient (Wildman–Crippen LogP) is 3.60. The maximum Gasteiger partial charge on any atom is 0.174 e. The molecule has 0 fully saturated rings. The molecule has 0 unspecified atom stereocenters. The highest BCUT2D eigenvalue weighted by Crippen LogP contribution is 2.41. The molecule has 5 rings (SSSR count). The summed E-state index contributed by atoms with van der Waals surface area (Å²) in [6.07, 6.45) is 0. The quantitative estimate of drug-likeness (QED) is 0.493. The lowest BCUT2D eigenvalue weighted by Crippen LogP contribution is -2.06. The minimum absolute atomic E-state index is 0.0399. The third-order valence-electron chi connectivity index (χ3n) is 4.68. The fourth-order valence-corrected chi connectivity index (χ4v) is 3.23. The van der Waals surface area contributed by atoms with Crippen LogP contribution in [-0.4, -0.2) is 40.2 Å². The van der Waals surface area contributed by atoms with Crippen LogP contribution in [0.25, 0.3) is 39.0 Å². The van der Waals surface area contributed by atoms with Gasteiger partial charge in [-0.2, -0.15) is 0 Å². The highest BCUT2D eigenvalue weighted by atomic mass is 16.3. The van der Waals surface area contributed by atoms with Gasteiger partial charge in [0.2, 0.25) is 0 Å². The molecule has 0 aliphatic rings. The lowest BCUT2D eigenvalue weighted by atomic mass is 10.0. The maximum absolute atomic E-state index is 11.0. The first-order chi connectivity index (χ1) is 14.0. The van der Waals surface area contributed by atoms with E-state index < -0.39 is 0 Å². The molecule has 2 aromatic heterocycles. The summed E-state index contributed by atoms with van der Waals surface area (Å²) in [4.78, 5) is 2.55. The Morgan fingerprint density at radius 2 is 1.21 bits per heavy atom. The van der Waals surface area contributed by atoms with Crippen molar-refractivity contribution >= 4 is 27.6 Å². The molecule has 2 N–H and O–H groups in total. The van der Waals surface area contributed by atoms with Crippen LogP contribution in [0.4, 0.5) is 0 Å². The number of benzene rings is 3. The van der Waals surface area contributed by atoms with Gasteiger partial charge in [-0.1, -0.05) is 30.8 Å². The van der Waals surface area contributed by atoms with Crippen molar-refractivity contribution in [2.24, 2.45) is 0 Å². The Hall–Kier alpha value is -4.20. The van der Waals surface area contributed by atoms with E-state index >= 15 is 0 Å². The summed E-state index contributed by atoms with van der Waals surface area (Å²) < 4.78 is 0. The van der Waals surface area contributed by atoms with Gasteiger partial charge in [-0.05, 0) is 42.8 Å². The Morgan fingerprint density at radius 3 is 1.66 bits per heavy atom. The molecule has 29 heavy (non-hydrogen) atoms. The number of phenols is 2. The third kappa shape index (κ3) is 2.61.